The molecule has 2 unspecified atom stereocenters. The van der Waals surface area contributed by atoms with Crippen LogP contribution in [0.3, 0.4) is 0 Å². The number of carbonyl (C=O) groups excluding carboxylic acids is 1. The lowest BCUT2D eigenvalue weighted by molar-refractivity contribution is -0.143. The van der Waals surface area contributed by atoms with E-state index in [1.54, 1.807) is 0 Å². The second-order valence-corrected chi connectivity index (χ2v) is 11.5. The third kappa shape index (κ3) is 9.84. The minimum atomic E-state index is -4.99. The fourth-order valence-corrected chi connectivity index (χ4v) is 5.27. The molecule has 5 N–H and O–H groups in total. The molecule has 16 heteroatoms. The van der Waals surface area contributed by atoms with Crippen molar-refractivity contribution in [3.05, 3.63) is 96.2 Å². The quantitative estimate of drug-likeness (QED) is 0.105. The van der Waals surface area contributed by atoms with E-state index in [9.17, 15) is 31.1 Å². The summed E-state index contributed by atoms with van der Waals surface area (Å²) in [6.45, 7) is 0. The molecule has 48 heavy (non-hydrogen) atoms. The Balaban J connectivity index is 0.000000221. The van der Waals surface area contributed by atoms with Crippen LogP contribution in [0.15, 0.2) is 79.5 Å². The summed E-state index contributed by atoms with van der Waals surface area (Å²) in [5.41, 5.74) is 8.71. The first-order valence-electron chi connectivity index (χ1n) is 15.1. The van der Waals surface area contributed by atoms with Crippen molar-refractivity contribution >= 4 is 17.9 Å². The number of amides is 1. The summed E-state index contributed by atoms with van der Waals surface area (Å²) < 4.78 is 78.8. The lowest BCUT2D eigenvalue weighted by atomic mass is 9.92. The number of hydrogen-bond acceptors (Lipinski definition) is 8. The van der Waals surface area contributed by atoms with Gasteiger partial charge in [-0.15, -0.1) is 5.10 Å². The molecule has 0 aliphatic heterocycles. The minimum Gasteiger partial charge on any atom is -0.328 e. The number of alkyl halides is 6. The van der Waals surface area contributed by atoms with E-state index in [0.29, 0.717) is 24.2 Å². The van der Waals surface area contributed by atoms with E-state index in [0.717, 1.165) is 35.2 Å². The molecular formula is C32H33F6N9O. The molecule has 2 heterocycles. The molecule has 6 rings (SSSR count). The van der Waals surface area contributed by atoms with Crippen LogP contribution in [0.5, 0.6) is 0 Å². The van der Waals surface area contributed by atoms with Gasteiger partial charge in [0, 0.05) is 54.3 Å². The Hall–Kier alpha value is -4.83. The van der Waals surface area contributed by atoms with Crippen molar-refractivity contribution in [3.63, 3.8) is 0 Å². The number of nitrogens with zero attached hydrogens (tertiary/aromatic N) is 5. The molecule has 0 bridgehead atoms. The zero-order valence-electron chi connectivity index (χ0n) is 25.4. The van der Waals surface area contributed by atoms with E-state index in [-0.39, 0.29) is 17.7 Å². The molecule has 2 aliphatic carbocycles. The zero-order valence-corrected chi connectivity index (χ0v) is 25.4. The van der Waals surface area contributed by atoms with Gasteiger partial charge in [0.25, 0.3) is 5.91 Å². The summed E-state index contributed by atoms with van der Waals surface area (Å²) >= 11 is 0. The highest BCUT2D eigenvalue weighted by molar-refractivity contribution is 5.90. The van der Waals surface area contributed by atoms with E-state index >= 15 is 0 Å². The number of anilines is 1. The third-order valence-corrected chi connectivity index (χ3v) is 7.85. The summed E-state index contributed by atoms with van der Waals surface area (Å²) in [6, 6.07) is 13.8. The maximum Gasteiger partial charge on any atom is 0.416 e. The zero-order chi connectivity index (χ0) is 34.3. The molecule has 254 valence electrons. The molecule has 0 spiro atoms. The Morgan fingerprint density at radius 2 is 1.60 bits per heavy atom. The first-order chi connectivity index (χ1) is 22.8. The van der Waals surface area contributed by atoms with Crippen LogP contribution in [0.2, 0.25) is 0 Å². The Morgan fingerprint density at radius 1 is 0.917 bits per heavy atom. The van der Waals surface area contributed by atoms with Crippen molar-refractivity contribution in [2.45, 2.75) is 68.5 Å². The Labute approximate surface area is 271 Å². The number of hydrogen-bond donors (Lipinski definition) is 4. The second-order valence-electron chi connectivity index (χ2n) is 11.5. The summed E-state index contributed by atoms with van der Waals surface area (Å²) in [5, 5.41) is 7.58. The van der Waals surface area contributed by atoms with Gasteiger partial charge in [-0.2, -0.15) is 26.3 Å². The molecule has 0 radical (unpaired) electrons. The van der Waals surface area contributed by atoms with Gasteiger partial charge < -0.3 is 11.1 Å². The molecule has 2 aromatic carbocycles. The molecule has 0 saturated heterocycles. The molecule has 1 amide bonds. The first kappa shape index (κ1) is 34.5. The standard InChI is InChI=1S/C17H11F6N7O.C15H22N2/c18-16(19,20)11-5-10(6-12(7-11)17(21,22)23)15-26-9-30(29-15)4-1-14(31)28-27-13-8-24-2-3-25-13;16-12-6-8-13(9-7-12)17-15-10-14(15)11-4-2-1-3-5-11/h1-9H,(H,25,27)(H,28,31);1-5,12-15,17H,6-10,16H2. The highest BCUT2D eigenvalue weighted by atomic mass is 19.4. The summed E-state index contributed by atoms with van der Waals surface area (Å²) in [6.07, 6.45) is 3.51. The van der Waals surface area contributed by atoms with Crippen molar-refractivity contribution in [2.24, 2.45) is 5.73 Å². The second kappa shape index (κ2) is 14.9. The Kier molecular flexibility index (Phi) is 10.7. The van der Waals surface area contributed by atoms with Gasteiger partial charge in [0.2, 0.25) is 0 Å². The number of aromatic nitrogens is 5. The molecule has 2 aromatic heterocycles. The van der Waals surface area contributed by atoms with E-state index < -0.39 is 35.0 Å². The minimum absolute atomic E-state index is 0.00878. The number of hydrazine groups is 1. The van der Waals surface area contributed by atoms with Gasteiger partial charge in [-0.3, -0.25) is 20.6 Å². The molecule has 10 nitrogen and oxygen atoms in total. The molecule has 2 fully saturated rings. The highest BCUT2D eigenvalue weighted by Crippen LogP contribution is 2.41. The van der Waals surface area contributed by atoms with Crippen LogP contribution in [0, 0.1) is 0 Å². The van der Waals surface area contributed by atoms with Crippen LogP contribution in [-0.2, 0) is 17.1 Å². The number of benzene rings is 2. The lowest BCUT2D eigenvalue weighted by Gasteiger charge is -2.27. The predicted molar refractivity (Wildman–Crippen MR) is 166 cm³/mol. The van der Waals surface area contributed by atoms with Crippen molar-refractivity contribution in [2.75, 3.05) is 5.43 Å². The lowest BCUT2D eigenvalue weighted by Crippen LogP contribution is -2.38. The summed E-state index contributed by atoms with van der Waals surface area (Å²) in [7, 11) is 0. The summed E-state index contributed by atoms with van der Waals surface area (Å²) in [4.78, 5) is 23.1. The van der Waals surface area contributed by atoms with E-state index in [1.165, 1.54) is 56.3 Å². The maximum atomic E-state index is 13.0. The Bertz CT molecular complexity index is 1640. The number of halogens is 6. The molecule has 4 aromatic rings. The van der Waals surface area contributed by atoms with Crippen LogP contribution >= 0.6 is 0 Å². The van der Waals surface area contributed by atoms with E-state index in [1.807, 2.05) is 0 Å². The summed E-state index contributed by atoms with van der Waals surface area (Å²) in [5.74, 6) is -0.0235. The smallest absolute Gasteiger partial charge is 0.328 e. The fourth-order valence-electron chi connectivity index (χ4n) is 5.27. The number of carbonyl (C=O) groups is 1. The van der Waals surface area contributed by atoms with Crippen LogP contribution in [0.4, 0.5) is 32.2 Å². The van der Waals surface area contributed by atoms with Crippen LogP contribution in [-0.4, -0.2) is 48.8 Å². The van der Waals surface area contributed by atoms with Gasteiger partial charge in [-0.1, -0.05) is 30.3 Å². The van der Waals surface area contributed by atoms with Gasteiger partial charge >= 0.3 is 12.4 Å². The van der Waals surface area contributed by atoms with Gasteiger partial charge in [0.15, 0.2) is 11.6 Å². The van der Waals surface area contributed by atoms with E-state index in [4.69, 9.17) is 5.73 Å². The largest absolute Gasteiger partial charge is 0.416 e. The predicted octanol–water partition coefficient (Wildman–Crippen LogP) is 5.79. The number of rotatable bonds is 8. The molecule has 2 saturated carbocycles. The average molecular weight is 674 g/mol. The molecule has 2 aliphatic rings. The molecule has 2 atom stereocenters. The van der Waals surface area contributed by atoms with Gasteiger partial charge in [-0.25, -0.2) is 14.6 Å². The van der Waals surface area contributed by atoms with Gasteiger partial charge in [-0.05, 0) is 55.9 Å². The third-order valence-electron chi connectivity index (χ3n) is 7.85. The fraction of sp³-hybridized carbons (Fsp3) is 0.344. The van der Waals surface area contributed by atoms with Crippen molar-refractivity contribution in [1.29, 1.82) is 0 Å². The normalized spacial score (nSPS) is 20.9. The van der Waals surface area contributed by atoms with Crippen molar-refractivity contribution in [3.8, 4) is 11.4 Å². The Morgan fingerprint density at radius 3 is 2.23 bits per heavy atom. The van der Waals surface area contributed by atoms with Crippen LogP contribution in [0.25, 0.3) is 17.6 Å². The van der Waals surface area contributed by atoms with Gasteiger partial charge in [0.05, 0.1) is 17.3 Å². The van der Waals surface area contributed by atoms with Crippen molar-refractivity contribution < 1.29 is 31.1 Å². The monoisotopic (exact) mass is 673 g/mol. The van der Waals surface area contributed by atoms with Crippen LogP contribution in [0.1, 0.15) is 54.7 Å². The van der Waals surface area contributed by atoms with Gasteiger partial charge in [0.1, 0.15) is 6.33 Å². The van der Waals surface area contributed by atoms with Crippen molar-refractivity contribution in [1.82, 2.24) is 35.5 Å². The number of nitrogens with one attached hydrogen (secondary N) is 3. The maximum absolute atomic E-state index is 13.0. The SMILES string of the molecule is NC1CCC(NC2CC2c2ccccc2)CC1.O=C(C=Cn1cnc(-c2cc(C(F)(F)F)cc(C(F)(F)F)c2)n1)NNc1cnccn1. The van der Waals surface area contributed by atoms with E-state index in [2.05, 4.69) is 66.6 Å². The molecular weight excluding hydrogens is 640 g/mol. The highest BCUT2D eigenvalue weighted by Gasteiger charge is 2.40. The van der Waals surface area contributed by atoms with Crippen LogP contribution < -0.4 is 21.9 Å². The average Bonchev–Trinajstić information content (AvgIpc) is 3.67. The first-order valence-corrected chi connectivity index (χ1v) is 15.1. The topological polar surface area (TPSA) is 136 Å². The number of nitrogens with two attached hydrogens (primary N) is 1.